The fourth-order valence-electron chi connectivity index (χ4n) is 2.90. The topological polar surface area (TPSA) is 61.8 Å². The molecule has 1 unspecified atom stereocenters. The molecular weight excluding hydrogens is 315 g/mol. The highest BCUT2D eigenvalue weighted by Crippen LogP contribution is 2.58. The Kier molecular flexibility index (Phi) is 5.66. The molecule has 0 N–H and O–H groups in total. The lowest BCUT2D eigenvalue weighted by Gasteiger charge is -2.32. The second-order valence-electron chi connectivity index (χ2n) is 6.25. The van der Waals surface area contributed by atoms with Crippen LogP contribution in [0.2, 0.25) is 0 Å². The predicted molar refractivity (Wildman–Crippen MR) is 89.5 cm³/mol. The molecule has 0 saturated carbocycles. The van der Waals surface area contributed by atoms with Crippen molar-refractivity contribution in [1.82, 2.24) is 0 Å². The summed E-state index contributed by atoms with van der Waals surface area (Å²) in [5.74, 6) is 0.508. The minimum atomic E-state index is -3.53. The van der Waals surface area contributed by atoms with Crippen molar-refractivity contribution < 1.29 is 23.1 Å². The van der Waals surface area contributed by atoms with E-state index in [4.69, 9.17) is 13.8 Å². The van der Waals surface area contributed by atoms with E-state index < -0.39 is 13.3 Å². The van der Waals surface area contributed by atoms with Crippen LogP contribution in [0, 0.1) is 0 Å². The first-order valence-corrected chi connectivity index (χ1v) is 9.56. The van der Waals surface area contributed by atoms with Gasteiger partial charge in [0.1, 0.15) is 11.4 Å². The first-order valence-electron chi connectivity index (χ1n) is 7.95. The number of carbonyl (C=O) groups is 1. The van der Waals surface area contributed by atoms with Crippen molar-refractivity contribution in [3.63, 3.8) is 0 Å². The summed E-state index contributed by atoms with van der Waals surface area (Å²) in [6.45, 7) is 7.17. The maximum atomic E-state index is 13.3. The third kappa shape index (κ3) is 3.85. The number of Topliss-reactive ketones (excluding diaryl/α,β-unsaturated/α-hetero) is 1. The second-order valence-corrected chi connectivity index (χ2v) is 8.38. The molecule has 0 aromatic heterocycles. The number of hydrogen-bond donors (Lipinski definition) is 0. The normalized spacial score (nSPS) is 18.4. The van der Waals surface area contributed by atoms with Gasteiger partial charge in [0.25, 0.3) is 0 Å². The smallest absolute Gasteiger partial charge is 0.341 e. The molecule has 0 amide bonds. The van der Waals surface area contributed by atoms with Crippen molar-refractivity contribution in [3.05, 3.63) is 29.3 Å². The van der Waals surface area contributed by atoms with Crippen molar-refractivity contribution in [1.29, 1.82) is 0 Å². The van der Waals surface area contributed by atoms with E-state index >= 15 is 0 Å². The van der Waals surface area contributed by atoms with E-state index in [0.29, 0.717) is 24.2 Å². The zero-order chi connectivity index (χ0) is 17.2. The number of carbonyl (C=O) groups excluding carboxylic acids is 1. The molecule has 5 nitrogen and oxygen atoms in total. The van der Waals surface area contributed by atoms with E-state index in [-0.39, 0.29) is 18.0 Å². The van der Waals surface area contributed by atoms with Gasteiger partial charge >= 0.3 is 7.60 Å². The van der Waals surface area contributed by atoms with Crippen molar-refractivity contribution in [2.45, 2.75) is 58.4 Å². The minimum absolute atomic E-state index is 0.185. The average Bonchev–Trinajstić information content (AvgIpc) is 2.45. The van der Waals surface area contributed by atoms with Crippen LogP contribution >= 0.6 is 7.60 Å². The summed E-state index contributed by atoms with van der Waals surface area (Å²) in [7, 11) is -1.95. The van der Waals surface area contributed by atoms with E-state index in [2.05, 4.69) is 0 Å². The maximum absolute atomic E-state index is 13.3. The second kappa shape index (κ2) is 7.16. The van der Waals surface area contributed by atoms with Crippen molar-refractivity contribution in [2.24, 2.45) is 0 Å². The molecule has 0 bridgehead atoms. The largest absolute Gasteiger partial charge is 0.496 e. The van der Waals surface area contributed by atoms with Crippen LogP contribution < -0.4 is 4.74 Å². The van der Waals surface area contributed by atoms with E-state index in [1.165, 1.54) is 0 Å². The monoisotopic (exact) mass is 340 g/mol. The Labute approximate surface area is 137 Å². The molecule has 0 fully saturated rings. The summed E-state index contributed by atoms with van der Waals surface area (Å²) in [5, 5.41) is 0. The Hall–Kier alpha value is -1.16. The highest BCUT2D eigenvalue weighted by atomic mass is 31.2. The van der Waals surface area contributed by atoms with Crippen LogP contribution in [-0.4, -0.2) is 30.8 Å². The van der Waals surface area contributed by atoms with Gasteiger partial charge in [0, 0.05) is 11.1 Å². The lowest BCUT2D eigenvalue weighted by molar-refractivity contribution is 0.0925. The van der Waals surface area contributed by atoms with Gasteiger partial charge in [-0.25, -0.2) is 0 Å². The number of hydrogen-bond acceptors (Lipinski definition) is 5. The molecule has 1 aromatic rings. The molecule has 1 atom stereocenters. The Morgan fingerprint density at radius 2 is 1.74 bits per heavy atom. The van der Waals surface area contributed by atoms with Gasteiger partial charge in [0.2, 0.25) is 0 Å². The van der Waals surface area contributed by atoms with Crippen molar-refractivity contribution in [3.8, 4) is 5.75 Å². The molecule has 0 radical (unpaired) electrons. The third-order valence-electron chi connectivity index (χ3n) is 3.69. The maximum Gasteiger partial charge on any atom is 0.341 e. The standard InChI is InChI=1S/C17H25O5P/c1-11(2)21-23(19,22-12(3)4)16-10-9-13-14(17(16)18)7-6-8-15(13)20-5/h6-8,11-12,16H,9-10H2,1-5H3. The molecule has 23 heavy (non-hydrogen) atoms. The van der Waals surface area contributed by atoms with Crippen LogP contribution in [0.1, 0.15) is 50.0 Å². The van der Waals surface area contributed by atoms with Gasteiger partial charge in [-0.1, -0.05) is 12.1 Å². The van der Waals surface area contributed by atoms with E-state index in [1.807, 2.05) is 6.07 Å². The number of benzene rings is 1. The number of ketones is 1. The molecule has 0 spiro atoms. The van der Waals surface area contributed by atoms with Gasteiger partial charge in [0.15, 0.2) is 5.78 Å². The van der Waals surface area contributed by atoms with Crippen LogP contribution in [0.5, 0.6) is 5.75 Å². The van der Waals surface area contributed by atoms with Crippen LogP contribution in [-0.2, 0) is 20.0 Å². The lowest BCUT2D eigenvalue weighted by atomic mass is 9.89. The van der Waals surface area contributed by atoms with Gasteiger partial charge in [0.05, 0.1) is 19.3 Å². The molecule has 0 aliphatic heterocycles. The summed E-state index contributed by atoms with van der Waals surface area (Å²) >= 11 is 0. The Morgan fingerprint density at radius 3 is 2.26 bits per heavy atom. The Balaban J connectivity index is 2.39. The predicted octanol–water partition coefficient (Wildman–Crippen LogP) is 4.24. The molecule has 0 heterocycles. The fraction of sp³-hybridized carbons (Fsp3) is 0.588. The molecule has 0 saturated heterocycles. The van der Waals surface area contributed by atoms with Crippen LogP contribution in [0.15, 0.2) is 18.2 Å². The van der Waals surface area contributed by atoms with Gasteiger partial charge in [-0.2, -0.15) is 0 Å². The Bertz CT molecular complexity index is 609. The molecule has 128 valence electrons. The van der Waals surface area contributed by atoms with Crippen molar-refractivity contribution in [2.75, 3.05) is 7.11 Å². The highest BCUT2D eigenvalue weighted by molar-refractivity contribution is 7.55. The van der Waals surface area contributed by atoms with Crippen LogP contribution in [0.25, 0.3) is 0 Å². The van der Waals surface area contributed by atoms with Gasteiger partial charge in [-0.3, -0.25) is 9.36 Å². The summed E-state index contributed by atoms with van der Waals surface area (Å²) in [4.78, 5) is 12.9. The van der Waals surface area contributed by atoms with E-state index in [9.17, 15) is 9.36 Å². The summed E-state index contributed by atoms with van der Waals surface area (Å²) in [5.41, 5.74) is 0.671. The van der Waals surface area contributed by atoms with E-state index in [1.54, 1.807) is 46.9 Å². The summed E-state index contributed by atoms with van der Waals surface area (Å²) < 4.78 is 29.8. The van der Waals surface area contributed by atoms with E-state index in [0.717, 1.165) is 5.56 Å². The van der Waals surface area contributed by atoms with Gasteiger partial charge in [-0.15, -0.1) is 0 Å². The quantitative estimate of drug-likeness (QED) is 0.725. The summed E-state index contributed by atoms with van der Waals surface area (Å²) in [6.07, 6.45) is 0.490. The third-order valence-corrected chi connectivity index (χ3v) is 6.37. The zero-order valence-corrected chi connectivity index (χ0v) is 15.3. The first-order chi connectivity index (χ1) is 10.8. The molecule has 2 rings (SSSR count). The first kappa shape index (κ1) is 18.2. The van der Waals surface area contributed by atoms with Crippen LogP contribution in [0.4, 0.5) is 0 Å². The van der Waals surface area contributed by atoms with Gasteiger partial charge < -0.3 is 13.8 Å². The molecule has 1 aliphatic carbocycles. The summed E-state index contributed by atoms with van der Waals surface area (Å²) in [6, 6.07) is 5.36. The SMILES string of the molecule is COc1cccc2c1CCC(P(=O)(OC(C)C)OC(C)C)C2=O. The Morgan fingerprint density at radius 1 is 1.13 bits per heavy atom. The number of rotatable bonds is 6. The molecule has 1 aromatic carbocycles. The number of methoxy groups -OCH3 is 1. The zero-order valence-electron chi connectivity index (χ0n) is 14.4. The van der Waals surface area contributed by atoms with Crippen LogP contribution in [0.3, 0.4) is 0 Å². The van der Waals surface area contributed by atoms with Gasteiger partial charge in [-0.05, 0) is 46.6 Å². The molecular formula is C17H25O5P. The lowest BCUT2D eigenvalue weighted by Crippen LogP contribution is -2.31. The fourth-order valence-corrected chi connectivity index (χ4v) is 5.29. The molecule has 6 heteroatoms. The van der Waals surface area contributed by atoms with Crippen molar-refractivity contribution >= 4 is 13.4 Å². The highest BCUT2D eigenvalue weighted by Gasteiger charge is 2.45. The average molecular weight is 340 g/mol. The molecule has 1 aliphatic rings. The minimum Gasteiger partial charge on any atom is -0.496 e. The number of ether oxygens (including phenoxy) is 1. The number of fused-ring (bicyclic) bond motifs is 1.